The van der Waals surface area contributed by atoms with Crippen molar-refractivity contribution < 1.29 is 28.7 Å². The molecule has 0 aliphatic carbocycles. The molecule has 0 atom stereocenters. The molecule has 0 spiro atoms. The summed E-state index contributed by atoms with van der Waals surface area (Å²) in [4.78, 5) is 50.4. The lowest BCUT2D eigenvalue weighted by molar-refractivity contribution is -0.120. The number of esters is 2. The van der Waals surface area contributed by atoms with Crippen molar-refractivity contribution in [2.45, 2.75) is 20.3 Å². The fourth-order valence-electron chi connectivity index (χ4n) is 2.94. The van der Waals surface area contributed by atoms with Crippen LogP contribution in [0.5, 0.6) is 0 Å². The second kappa shape index (κ2) is 10.1. The van der Waals surface area contributed by atoms with Gasteiger partial charge >= 0.3 is 11.9 Å². The minimum atomic E-state index is -0.722. The molecule has 0 saturated heterocycles. The fraction of sp³-hybridized carbons (Fsp3) is 0.217. The predicted octanol–water partition coefficient (Wildman–Crippen LogP) is 3.87. The van der Waals surface area contributed by atoms with Crippen LogP contribution >= 0.6 is 11.6 Å². The topological polar surface area (TPSA) is 102 Å². The Balaban J connectivity index is 1.78. The first-order chi connectivity index (χ1) is 15.4. The molecule has 1 aliphatic rings. The molecule has 32 heavy (non-hydrogen) atoms. The molecule has 0 radical (unpaired) electrons. The maximum absolute atomic E-state index is 12.9. The smallest absolute Gasteiger partial charge is 0.338 e. The summed E-state index contributed by atoms with van der Waals surface area (Å²) in [6.07, 6.45) is 0.716. The van der Waals surface area contributed by atoms with Crippen LogP contribution < -0.4 is 10.2 Å². The maximum atomic E-state index is 12.9. The van der Waals surface area contributed by atoms with Crippen LogP contribution in [0, 0.1) is 0 Å². The second-order valence-corrected chi connectivity index (χ2v) is 7.12. The van der Waals surface area contributed by atoms with Crippen molar-refractivity contribution in [3.8, 4) is 0 Å². The summed E-state index contributed by atoms with van der Waals surface area (Å²) in [5, 5.41) is 2.54. The number of nitrogens with one attached hydrogen (secondary N) is 1. The molecule has 2 aromatic rings. The van der Waals surface area contributed by atoms with Gasteiger partial charge in [0.2, 0.25) is 0 Å². The molecule has 0 aromatic heterocycles. The molecule has 9 heteroatoms. The number of ether oxygens (including phenoxy) is 2. The molecule has 1 aliphatic heterocycles. The number of hydrogen-bond acceptors (Lipinski definition) is 7. The van der Waals surface area contributed by atoms with E-state index in [-0.39, 0.29) is 28.6 Å². The van der Waals surface area contributed by atoms with E-state index in [9.17, 15) is 19.2 Å². The Hall–Kier alpha value is -3.65. The van der Waals surface area contributed by atoms with Crippen LogP contribution in [-0.4, -0.2) is 37.0 Å². The Kier molecular flexibility index (Phi) is 7.27. The summed E-state index contributed by atoms with van der Waals surface area (Å²) in [5.41, 5.74) is 1.09. The number of benzene rings is 2. The van der Waals surface area contributed by atoms with Gasteiger partial charge in [-0.2, -0.15) is 0 Å². The van der Waals surface area contributed by atoms with Gasteiger partial charge < -0.3 is 14.8 Å². The molecule has 1 N–H and O–H groups in total. The van der Waals surface area contributed by atoms with Crippen LogP contribution in [0.4, 0.5) is 11.4 Å². The van der Waals surface area contributed by atoms with Gasteiger partial charge in [0, 0.05) is 5.69 Å². The molecule has 0 saturated carbocycles. The van der Waals surface area contributed by atoms with E-state index in [0.29, 0.717) is 24.3 Å². The molecule has 8 nitrogen and oxygen atoms in total. The molecule has 0 fully saturated rings. The van der Waals surface area contributed by atoms with Crippen molar-refractivity contribution in [3.63, 3.8) is 0 Å². The number of halogens is 1. The van der Waals surface area contributed by atoms with Crippen molar-refractivity contribution in [1.82, 2.24) is 0 Å². The van der Waals surface area contributed by atoms with E-state index in [0.717, 1.165) is 4.90 Å². The molecule has 1 heterocycles. The average Bonchev–Trinajstić information content (AvgIpc) is 3.01. The summed E-state index contributed by atoms with van der Waals surface area (Å²) in [6.45, 7) is 4.10. The second-order valence-electron chi connectivity index (χ2n) is 6.74. The Morgan fingerprint density at radius 2 is 1.62 bits per heavy atom. The average molecular weight is 457 g/mol. The summed E-state index contributed by atoms with van der Waals surface area (Å²) in [5.74, 6) is -2.41. The van der Waals surface area contributed by atoms with Crippen LogP contribution in [-0.2, 0) is 19.1 Å². The van der Waals surface area contributed by atoms with Gasteiger partial charge in [0.25, 0.3) is 11.8 Å². The van der Waals surface area contributed by atoms with Crippen LogP contribution in [0.1, 0.15) is 41.0 Å². The van der Waals surface area contributed by atoms with Crippen molar-refractivity contribution in [2.24, 2.45) is 0 Å². The van der Waals surface area contributed by atoms with Crippen LogP contribution in [0.2, 0.25) is 0 Å². The lowest BCUT2D eigenvalue weighted by Crippen LogP contribution is -2.32. The van der Waals surface area contributed by atoms with Crippen molar-refractivity contribution >= 4 is 46.7 Å². The highest BCUT2D eigenvalue weighted by molar-refractivity contribution is 6.53. The van der Waals surface area contributed by atoms with E-state index in [4.69, 9.17) is 21.1 Å². The fourth-order valence-corrected chi connectivity index (χ4v) is 3.16. The lowest BCUT2D eigenvalue weighted by atomic mass is 10.2. The molecule has 0 unspecified atom stereocenters. The largest absolute Gasteiger partial charge is 0.462 e. The van der Waals surface area contributed by atoms with Crippen LogP contribution in [0.3, 0.4) is 0 Å². The Morgan fingerprint density at radius 1 is 0.938 bits per heavy atom. The summed E-state index contributed by atoms with van der Waals surface area (Å²) < 4.78 is 10.0. The van der Waals surface area contributed by atoms with E-state index in [2.05, 4.69) is 5.32 Å². The number of carbonyl (C=O) groups excluding carboxylic acids is 4. The van der Waals surface area contributed by atoms with Gasteiger partial charge in [-0.05, 0) is 55.8 Å². The third kappa shape index (κ3) is 4.81. The Labute approximate surface area is 189 Å². The molecular formula is C23H21ClN2O6. The quantitative estimate of drug-likeness (QED) is 0.475. The molecular weight excluding hydrogens is 436 g/mol. The number of anilines is 2. The molecule has 2 aromatic carbocycles. The van der Waals surface area contributed by atoms with Crippen molar-refractivity contribution in [1.29, 1.82) is 0 Å². The highest BCUT2D eigenvalue weighted by atomic mass is 35.5. The lowest BCUT2D eigenvalue weighted by Gasteiger charge is -2.16. The van der Waals surface area contributed by atoms with Gasteiger partial charge in [-0.3, -0.25) is 9.59 Å². The highest BCUT2D eigenvalue weighted by Crippen LogP contribution is 2.30. The van der Waals surface area contributed by atoms with E-state index in [1.165, 1.54) is 36.4 Å². The van der Waals surface area contributed by atoms with E-state index >= 15 is 0 Å². The SMILES string of the molecule is CCCOC(=O)c1ccc(NC2=C(Cl)C(=O)N(c3cccc(C(=O)OCC)c3)C2=O)cc1. The summed E-state index contributed by atoms with van der Waals surface area (Å²) >= 11 is 6.15. The molecule has 3 rings (SSSR count). The first-order valence-electron chi connectivity index (χ1n) is 9.97. The van der Waals surface area contributed by atoms with E-state index in [1.54, 1.807) is 19.1 Å². The normalized spacial score (nSPS) is 13.4. The van der Waals surface area contributed by atoms with Gasteiger partial charge in [0.15, 0.2) is 0 Å². The molecule has 0 bridgehead atoms. The number of nitrogens with zero attached hydrogens (tertiary/aromatic N) is 1. The minimum Gasteiger partial charge on any atom is -0.462 e. The molecule has 2 amide bonds. The monoisotopic (exact) mass is 456 g/mol. The van der Waals surface area contributed by atoms with Crippen LogP contribution in [0.15, 0.2) is 59.3 Å². The first-order valence-corrected chi connectivity index (χ1v) is 10.3. The van der Waals surface area contributed by atoms with Gasteiger partial charge in [-0.25, -0.2) is 14.5 Å². The minimum absolute atomic E-state index is 0.112. The van der Waals surface area contributed by atoms with Gasteiger partial charge in [0.05, 0.1) is 30.0 Å². The Morgan fingerprint density at radius 3 is 2.28 bits per heavy atom. The highest BCUT2D eigenvalue weighted by Gasteiger charge is 2.39. The zero-order chi connectivity index (χ0) is 23.3. The zero-order valence-corrected chi connectivity index (χ0v) is 18.3. The Bertz CT molecular complexity index is 1090. The third-order valence-corrected chi connectivity index (χ3v) is 4.82. The number of carbonyl (C=O) groups is 4. The van der Waals surface area contributed by atoms with Gasteiger partial charge in [0.1, 0.15) is 10.7 Å². The summed E-state index contributed by atoms with van der Waals surface area (Å²) in [7, 11) is 0. The standard InChI is InChI=1S/C23H21ClN2O6/c1-3-12-32-22(29)14-8-10-16(11-9-14)25-19-18(24)20(27)26(21(19)28)17-7-5-6-15(13-17)23(30)31-4-2/h5-11,13,25H,3-4,12H2,1-2H3. The number of hydrogen-bond donors (Lipinski definition) is 1. The van der Waals surface area contributed by atoms with E-state index in [1.807, 2.05) is 6.92 Å². The van der Waals surface area contributed by atoms with Crippen molar-refractivity contribution in [3.05, 3.63) is 70.4 Å². The number of amides is 2. The number of imide groups is 1. The number of rotatable bonds is 8. The van der Waals surface area contributed by atoms with Gasteiger partial charge in [-0.1, -0.05) is 24.6 Å². The third-order valence-electron chi connectivity index (χ3n) is 4.47. The van der Waals surface area contributed by atoms with Gasteiger partial charge in [-0.15, -0.1) is 0 Å². The first kappa shape index (κ1) is 23.0. The maximum Gasteiger partial charge on any atom is 0.338 e. The van der Waals surface area contributed by atoms with E-state index < -0.39 is 23.8 Å². The zero-order valence-electron chi connectivity index (χ0n) is 17.5. The molecule has 166 valence electrons. The summed E-state index contributed by atoms with van der Waals surface area (Å²) in [6, 6.07) is 12.2. The van der Waals surface area contributed by atoms with Crippen molar-refractivity contribution in [2.75, 3.05) is 23.4 Å². The predicted molar refractivity (Wildman–Crippen MR) is 118 cm³/mol. The van der Waals surface area contributed by atoms with Crippen LogP contribution in [0.25, 0.3) is 0 Å².